The van der Waals surface area contributed by atoms with Crippen LogP contribution in [0.2, 0.25) is 5.02 Å². The molecule has 0 aliphatic carbocycles. The van der Waals surface area contributed by atoms with Crippen LogP contribution < -0.4 is 10.2 Å². The Labute approximate surface area is 204 Å². The van der Waals surface area contributed by atoms with Gasteiger partial charge in [-0.1, -0.05) is 37.6 Å². The number of nitrogens with zero attached hydrogens (tertiary/aromatic N) is 3. The van der Waals surface area contributed by atoms with Crippen LogP contribution >= 0.6 is 11.6 Å². The number of anilines is 2. The highest BCUT2D eigenvalue weighted by Gasteiger charge is 2.29. The maximum atomic E-state index is 12.9. The van der Waals surface area contributed by atoms with Crippen LogP contribution in [-0.2, 0) is 6.54 Å². The molecule has 186 valence electrons. The lowest BCUT2D eigenvalue weighted by molar-refractivity contribution is -0.138. The van der Waals surface area contributed by atoms with Gasteiger partial charge in [-0.25, -0.2) is 0 Å². The lowest BCUT2D eigenvalue weighted by atomic mass is 10.1. The van der Waals surface area contributed by atoms with Gasteiger partial charge in [0.25, 0.3) is 5.91 Å². The van der Waals surface area contributed by atoms with Gasteiger partial charge in [0.1, 0.15) is 0 Å². The number of hydrogen-bond acceptors (Lipinski definition) is 4. The highest BCUT2D eigenvalue weighted by Crippen LogP contribution is 2.31. The Morgan fingerprint density at radius 1 is 1.03 bits per heavy atom. The van der Waals surface area contributed by atoms with Crippen molar-refractivity contribution in [3.63, 3.8) is 0 Å². The van der Waals surface area contributed by atoms with Crippen molar-refractivity contribution in [2.45, 2.75) is 33.0 Å². The number of carbonyl (C=O) groups is 1. The molecule has 3 rings (SSSR count). The van der Waals surface area contributed by atoms with Crippen molar-refractivity contribution in [2.24, 2.45) is 0 Å². The largest absolute Gasteiger partial charge is 0.390 e. The highest BCUT2D eigenvalue weighted by atomic mass is 35.5. The number of piperazine rings is 1. The van der Waals surface area contributed by atoms with E-state index in [1.807, 2.05) is 29.2 Å². The number of hydrogen-bond donors (Lipinski definition) is 1. The van der Waals surface area contributed by atoms with Crippen LogP contribution in [0, 0.1) is 0 Å². The Morgan fingerprint density at radius 2 is 1.68 bits per heavy atom. The van der Waals surface area contributed by atoms with Crippen LogP contribution in [0.4, 0.5) is 24.5 Å². The minimum absolute atomic E-state index is 0.000740. The monoisotopic (exact) mass is 496 g/mol. The first-order chi connectivity index (χ1) is 16.2. The summed E-state index contributed by atoms with van der Waals surface area (Å²) in [5.74, 6) is -0.221. The first kappa shape index (κ1) is 26.3. The summed E-state index contributed by atoms with van der Waals surface area (Å²) in [4.78, 5) is 19.1. The number of rotatable bonds is 9. The normalized spacial score (nSPS) is 15.1. The number of nitrogens with one attached hydrogen (secondary N) is 1. The van der Waals surface area contributed by atoms with Crippen LogP contribution in [0.15, 0.2) is 42.5 Å². The molecule has 1 N–H and O–H groups in total. The van der Waals surface area contributed by atoms with Crippen molar-refractivity contribution < 1.29 is 18.0 Å². The average molecular weight is 497 g/mol. The Bertz CT molecular complexity index is 940. The van der Waals surface area contributed by atoms with Gasteiger partial charge in [-0.05, 0) is 49.0 Å². The summed E-state index contributed by atoms with van der Waals surface area (Å²) >= 11 is 6.22. The van der Waals surface area contributed by atoms with Gasteiger partial charge in [-0.3, -0.25) is 14.6 Å². The molecule has 0 spiro atoms. The third-order valence-electron chi connectivity index (χ3n) is 6.15. The fraction of sp³-hybridized carbons (Fsp3) is 0.480. The van der Waals surface area contributed by atoms with Gasteiger partial charge in [-0.15, -0.1) is 0 Å². The van der Waals surface area contributed by atoms with E-state index in [0.29, 0.717) is 42.5 Å². The molecule has 0 radical (unpaired) electrons. The summed E-state index contributed by atoms with van der Waals surface area (Å²) in [5, 5.41) is 3.51. The van der Waals surface area contributed by atoms with Crippen LogP contribution in [0.1, 0.15) is 36.2 Å². The molecular formula is C25H32ClF3N4O. The van der Waals surface area contributed by atoms with Gasteiger partial charge in [0, 0.05) is 49.9 Å². The van der Waals surface area contributed by atoms with Crippen molar-refractivity contribution in [1.82, 2.24) is 9.80 Å². The van der Waals surface area contributed by atoms with Crippen molar-refractivity contribution in [2.75, 3.05) is 56.0 Å². The summed E-state index contributed by atoms with van der Waals surface area (Å²) in [7, 11) is 0. The number of alkyl halides is 3. The molecule has 1 amide bonds. The Morgan fingerprint density at radius 3 is 2.26 bits per heavy atom. The molecule has 0 bridgehead atoms. The van der Waals surface area contributed by atoms with Crippen molar-refractivity contribution in [3.05, 3.63) is 58.6 Å². The van der Waals surface area contributed by atoms with E-state index in [-0.39, 0.29) is 12.5 Å². The third kappa shape index (κ3) is 7.61. The van der Waals surface area contributed by atoms with Crippen LogP contribution in [0.25, 0.3) is 0 Å². The molecule has 34 heavy (non-hydrogen) atoms. The molecule has 1 saturated heterocycles. The predicted molar refractivity (Wildman–Crippen MR) is 132 cm³/mol. The van der Waals surface area contributed by atoms with Crippen LogP contribution in [0.3, 0.4) is 0 Å². The summed E-state index contributed by atoms with van der Waals surface area (Å²) < 4.78 is 37.6. The van der Waals surface area contributed by atoms with Gasteiger partial charge >= 0.3 is 6.18 Å². The molecule has 0 atom stereocenters. The molecule has 1 fully saturated rings. The second-order valence-corrected chi connectivity index (χ2v) is 8.90. The minimum Gasteiger partial charge on any atom is -0.367 e. The van der Waals surface area contributed by atoms with E-state index < -0.39 is 12.6 Å². The topological polar surface area (TPSA) is 38.8 Å². The number of halogens is 4. The van der Waals surface area contributed by atoms with E-state index in [9.17, 15) is 18.0 Å². The molecule has 1 heterocycles. The molecular weight excluding hydrogens is 465 g/mol. The first-order valence-electron chi connectivity index (χ1n) is 11.6. The molecule has 1 aliphatic rings. The molecule has 9 heteroatoms. The van der Waals surface area contributed by atoms with Gasteiger partial charge in [0.15, 0.2) is 0 Å². The lowest BCUT2D eigenvalue weighted by Gasteiger charge is -2.37. The van der Waals surface area contributed by atoms with E-state index >= 15 is 0 Å². The zero-order chi connectivity index (χ0) is 24.7. The smallest absolute Gasteiger partial charge is 0.367 e. The van der Waals surface area contributed by atoms with Gasteiger partial charge in [0.2, 0.25) is 0 Å². The number of benzene rings is 2. The van der Waals surface area contributed by atoms with Crippen molar-refractivity contribution >= 4 is 28.9 Å². The van der Waals surface area contributed by atoms with Crippen molar-refractivity contribution in [3.8, 4) is 0 Å². The molecule has 2 aromatic rings. The second-order valence-electron chi connectivity index (χ2n) is 8.47. The third-order valence-corrected chi connectivity index (χ3v) is 6.38. The summed E-state index contributed by atoms with van der Waals surface area (Å²) in [5.41, 5.74) is 3.11. The van der Waals surface area contributed by atoms with E-state index in [2.05, 4.69) is 29.0 Å². The van der Waals surface area contributed by atoms with Crippen LogP contribution in [0.5, 0.6) is 0 Å². The Balaban J connectivity index is 1.64. The Hall–Kier alpha value is -2.29. The average Bonchev–Trinajstić information content (AvgIpc) is 2.82. The Kier molecular flexibility index (Phi) is 9.22. The predicted octanol–water partition coefficient (Wildman–Crippen LogP) is 5.51. The van der Waals surface area contributed by atoms with E-state index in [1.54, 1.807) is 18.2 Å². The fourth-order valence-corrected chi connectivity index (χ4v) is 4.20. The minimum atomic E-state index is -4.15. The zero-order valence-electron chi connectivity index (χ0n) is 19.7. The van der Waals surface area contributed by atoms with Gasteiger partial charge in [0.05, 0.1) is 17.8 Å². The molecule has 0 saturated carbocycles. The van der Waals surface area contributed by atoms with Gasteiger partial charge < -0.3 is 10.2 Å². The molecule has 2 aromatic carbocycles. The zero-order valence-corrected chi connectivity index (χ0v) is 20.4. The van der Waals surface area contributed by atoms with Gasteiger partial charge in [-0.2, -0.15) is 13.2 Å². The molecule has 0 unspecified atom stereocenters. The molecule has 1 aliphatic heterocycles. The van der Waals surface area contributed by atoms with Crippen molar-refractivity contribution in [1.29, 1.82) is 0 Å². The summed E-state index contributed by atoms with van der Waals surface area (Å²) in [6.07, 6.45) is -4.95. The summed E-state index contributed by atoms with van der Waals surface area (Å²) in [6.45, 7) is 9.17. The second kappa shape index (κ2) is 11.9. The highest BCUT2D eigenvalue weighted by molar-refractivity contribution is 6.31. The van der Waals surface area contributed by atoms with E-state index in [0.717, 1.165) is 30.9 Å². The first-order valence-corrected chi connectivity index (χ1v) is 12.0. The quantitative estimate of drug-likeness (QED) is 0.497. The molecule has 5 nitrogen and oxygen atoms in total. The summed E-state index contributed by atoms with van der Waals surface area (Å²) in [6, 6.07) is 12.8. The van der Waals surface area contributed by atoms with E-state index in [1.165, 1.54) is 0 Å². The number of amides is 1. The lowest BCUT2D eigenvalue weighted by Crippen LogP contribution is -2.47. The van der Waals surface area contributed by atoms with Crippen LogP contribution in [-0.4, -0.2) is 67.7 Å². The SMILES string of the molecule is CCN(CC)Cc1ccc(C(=O)Nc2ccc(Cl)cc2N2CCN(CCC(F)(F)F)CC2)cc1. The van der Waals surface area contributed by atoms with E-state index in [4.69, 9.17) is 11.6 Å². The number of carbonyl (C=O) groups excluding carboxylic acids is 1. The standard InChI is InChI=1S/C25H32ClF3N4O/c1-3-31(4-2)18-19-5-7-20(8-6-19)24(34)30-22-10-9-21(26)17-23(22)33-15-13-32(14-16-33)12-11-25(27,28)29/h5-10,17H,3-4,11-16,18H2,1-2H3,(H,30,34). The fourth-order valence-electron chi connectivity index (χ4n) is 4.03. The maximum absolute atomic E-state index is 12.9. The molecule has 0 aromatic heterocycles. The maximum Gasteiger partial charge on any atom is 0.390 e.